The van der Waals surface area contributed by atoms with Crippen LogP contribution in [0.2, 0.25) is 0 Å². The van der Waals surface area contributed by atoms with Crippen molar-refractivity contribution in [1.29, 1.82) is 0 Å². The molecule has 0 radical (unpaired) electrons. The number of piperazine rings is 1. The molecule has 0 unspecified atom stereocenters. The Labute approximate surface area is 136 Å². The van der Waals surface area contributed by atoms with Gasteiger partial charge in [0.2, 0.25) is 5.91 Å². The molecule has 0 aromatic carbocycles. The van der Waals surface area contributed by atoms with E-state index in [1.165, 1.54) is 6.33 Å². The highest BCUT2D eigenvalue weighted by Gasteiger charge is 2.20. The maximum Gasteiger partial charge on any atom is 0.252 e. The molecule has 0 atom stereocenters. The summed E-state index contributed by atoms with van der Waals surface area (Å²) >= 11 is 0. The molecule has 0 bridgehead atoms. The largest absolute Gasteiger partial charge is 0.340 e. The van der Waals surface area contributed by atoms with Crippen LogP contribution in [0.5, 0.6) is 0 Å². The zero-order chi connectivity index (χ0) is 16.4. The summed E-state index contributed by atoms with van der Waals surface area (Å²) in [6.07, 6.45) is 2.74. The van der Waals surface area contributed by atoms with E-state index in [0.717, 1.165) is 49.7 Å². The number of carbonyl (C=O) groups excluding carboxylic acids is 1. The van der Waals surface area contributed by atoms with Crippen molar-refractivity contribution in [3.05, 3.63) is 23.3 Å². The molecule has 7 heteroatoms. The number of rotatable bonds is 4. The van der Waals surface area contributed by atoms with E-state index in [0.29, 0.717) is 18.6 Å². The van der Waals surface area contributed by atoms with Crippen molar-refractivity contribution in [2.24, 2.45) is 0 Å². The Kier molecular flexibility index (Phi) is 4.56. The van der Waals surface area contributed by atoms with Crippen LogP contribution in [0.4, 0.5) is 0 Å². The van der Waals surface area contributed by atoms with E-state index >= 15 is 0 Å². The smallest absolute Gasteiger partial charge is 0.252 e. The quantitative estimate of drug-likeness (QED) is 0.836. The molecule has 3 heterocycles. The lowest BCUT2D eigenvalue weighted by molar-refractivity contribution is -0.132. The first-order valence-corrected chi connectivity index (χ1v) is 8.26. The molecule has 1 fully saturated rings. The summed E-state index contributed by atoms with van der Waals surface area (Å²) in [4.78, 5) is 25.4. The fraction of sp³-hybridized carbons (Fsp3) is 0.625. The number of amides is 1. The number of aryl methyl sites for hydroxylation is 2. The molecule has 1 amide bonds. The fourth-order valence-corrected chi connectivity index (χ4v) is 3.22. The standard InChI is InChI=1S/C16H24N6O/c1-4-20-7-9-21(10-8-20)15(23)6-5-14-12(2)19-16-17-11-18-22(16)13(14)3/h11H,4-10H2,1-3H3. The van der Waals surface area contributed by atoms with Crippen LogP contribution in [0.1, 0.15) is 30.3 Å². The lowest BCUT2D eigenvalue weighted by Gasteiger charge is -2.34. The van der Waals surface area contributed by atoms with E-state index in [4.69, 9.17) is 0 Å². The third-order valence-electron chi connectivity index (χ3n) is 4.75. The van der Waals surface area contributed by atoms with Gasteiger partial charge < -0.3 is 9.80 Å². The summed E-state index contributed by atoms with van der Waals surface area (Å²) in [7, 11) is 0. The second-order valence-electron chi connectivity index (χ2n) is 6.05. The van der Waals surface area contributed by atoms with Gasteiger partial charge in [0.05, 0.1) is 0 Å². The predicted octanol–water partition coefficient (Wildman–Crippen LogP) is 0.838. The van der Waals surface area contributed by atoms with Crippen LogP contribution in [-0.2, 0) is 11.2 Å². The van der Waals surface area contributed by atoms with Gasteiger partial charge in [0.1, 0.15) is 6.33 Å². The Balaban J connectivity index is 1.65. The summed E-state index contributed by atoms with van der Waals surface area (Å²) in [5.74, 6) is 0.851. The van der Waals surface area contributed by atoms with Crippen molar-refractivity contribution in [3.63, 3.8) is 0 Å². The Morgan fingerprint density at radius 2 is 1.96 bits per heavy atom. The second-order valence-corrected chi connectivity index (χ2v) is 6.05. The summed E-state index contributed by atoms with van der Waals surface area (Å²) in [6, 6.07) is 0. The minimum Gasteiger partial charge on any atom is -0.340 e. The molecule has 2 aromatic rings. The highest BCUT2D eigenvalue weighted by molar-refractivity contribution is 5.76. The summed E-state index contributed by atoms with van der Waals surface area (Å²) in [6.45, 7) is 10.8. The van der Waals surface area contributed by atoms with E-state index < -0.39 is 0 Å². The SMILES string of the molecule is CCN1CCN(C(=O)CCc2c(C)nc3ncnn3c2C)CC1. The number of likely N-dealkylation sites (N-methyl/N-ethyl adjacent to an activating group) is 1. The summed E-state index contributed by atoms with van der Waals surface area (Å²) in [5.41, 5.74) is 3.06. The number of carbonyl (C=O) groups is 1. The van der Waals surface area contributed by atoms with Gasteiger partial charge in [-0.3, -0.25) is 4.79 Å². The van der Waals surface area contributed by atoms with Crippen LogP contribution in [-0.4, -0.2) is 68.0 Å². The lowest BCUT2D eigenvalue weighted by Crippen LogP contribution is -2.48. The molecule has 7 nitrogen and oxygen atoms in total. The predicted molar refractivity (Wildman–Crippen MR) is 87.3 cm³/mol. The van der Waals surface area contributed by atoms with Crippen molar-refractivity contribution in [2.75, 3.05) is 32.7 Å². The number of nitrogens with zero attached hydrogens (tertiary/aromatic N) is 6. The van der Waals surface area contributed by atoms with Gasteiger partial charge in [0.25, 0.3) is 5.78 Å². The van der Waals surface area contributed by atoms with Crippen molar-refractivity contribution in [1.82, 2.24) is 29.4 Å². The van der Waals surface area contributed by atoms with Gasteiger partial charge in [-0.2, -0.15) is 10.1 Å². The minimum absolute atomic E-state index is 0.234. The third kappa shape index (κ3) is 3.19. The fourth-order valence-electron chi connectivity index (χ4n) is 3.22. The van der Waals surface area contributed by atoms with E-state index in [-0.39, 0.29) is 5.91 Å². The average molecular weight is 316 g/mol. The first-order chi connectivity index (χ1) is 11.1. The Hall–Kier alpha value is -2.02. The molecule has 0 N–H and O–H groups in total. The van der Waals surface area contributed by atoms with Gasteiger partial charge in [-0.15, -0.1) is 0 Å². The zero-order valence-electron chi connectivity index (χ0n) is 14.1. The Morgan fingerprint density at radius 1 is 1.22 bits per heavy atom. The van der Waals surface area contributed by atoms with Crippen molar-refractivity contribution < 1.29 is 4.79 Å². The van der Waals surface area contributed by atoms with Crippen LogP contribution in [0.15, 0.2) is 6.33 Å². The van der Waals surface area contributed by atoms with Crippen molar-refractivity contribution >= 4 is 11.7 Å². The normalized spacial score (nSPS) is 16.2. The maximum absolute atomic E-state index is 12.5. The minimum atomic E-state index is 0.234. The van der Waals surface area contributed by atoms with Gasteiger partial charge in [-0.25, -0.2) is 9.50 Å². The van der Waals surface area contributed by atoms with Gasteiger partial charge in [0.15, 0.2) is 0 Å². The molecule has 0 saturated carbocycles. The van der Waals surface area contributed by atoms with Gasteiger partial charge in [0, 0.05) is 44.0 Å². The van der Waals surface area contributed by atoms with E-state index in [9.17, 15) is 4.79 Å². The van der Waals surface area contributed by atoms with Gasteiger partial charge in [-0.05, 0) is 32.4 Å². The number of aromatic nitrogens is 4. The van der Waals surface area contributed by atoms with Crippen LogP contribution in [0.3, 0.4) is 0 Å². The lowest BCUT2D eigenvalue weighted by atomic mass is 10.1. The van der Waals surface area contributed by atoms with Crippen LogP contribution in [0, 0.1) is 13.8 Å². The maximum atomic E-state index is 12.5. The average Bonchev–Trinajstić information content (AvgIpc) is 3.03. The highest BCUT2D eigenvalue weighted by Crippen LogP contribution is 2.16. The van der Waals surface area contributed by atoms with Crippen LogP contribution >= 0.6 is 0 Å². The first kappa shape index (κ1) is 15.9. The highest BCUT2D eigenvalue weighted by atomic mass is 16.2. The second kappa shape index (κ2) is 6.62. The molecule has 23 heavy (non-hydrogen) atoms. The molecule has 0 aliphatic carbocycles. The van der Waals surface area contributed by atoms with Crippen molar-refractivity contribution in [3.8, 4) is 0 Å². The van der Waals surface area contributed by atoms with Gasteiger partial charge >= 0.3 is 0 Å². The molecule has 124 valence electrons. The number of hydrogen-bond donors (Lipinski definition) is 0. The molecule has 1 aliphatic rings. The molecule has 2 aromatic heterocycles. The molecule has 3 rings (SSSR count). The number of hydrogen-bond acceptors (Lipinski definition) is 5. The molecular formula is C16H24N6O. The van der Waals surface area contributed by atoms with E-state index in [1.54, 1.807) is 4.52 Å². The molecular weight excluding hydrogens is 292 g/mol. The number of fused-ring (bicyclic) bond motifs is 1. The Bertz CT molecular complexity index is 702. The topological polar surface area (TPSA) is 66.6 Å². The first-order valence-electron chi connectivity index (χ1n) is 8.26. The van der Waals surface area contributed by atoms with E-state index in [2.05, 4.69) is 26.9 Å². The molecule has 0 spiro atoms. The monoisotopic (exact) mass is 316 g/mol. The van der Waals surface area contributed by atoms with Gasteiger partial charge in [-0.1, -0.05) is 6.92 Å². The molecule has 1 saturated heterocycles. The van der Waals surface area contributed by atoms with Crippen LogP contribution in [0.25, 0.3) is 5.78 Å². The third-order valence-corrected chi connectivity index (χ3v) is 4.75. The summed E-state index contributed by atoms with van der Waals surface area (Å²) < 4.78 is 1.74. The summed E-state index contributed by atoms with van der Waals surface area (Å²) in [5, 5.41) is 4.20. The Morgan fingerprint density at radius 3 is 2.65 bits per heavy atom. The van der Waals surface area contributed by atoms with Crippen molar-refractivity contribution in [2.45, 2.75) is 33.6 Å². The zero-order valence-corrected chi connectivity index (χ0v) is 14.1. The van der Waals surface area contributed by atoms with E-state index in [1.807, 2.05) is 18.7 Å². The van der Waals surface area contributed by atoms with Crippen LogP contribution < -0.4 is 0 Å². The molecule has 1 aliphatic heterocycles.